The second-order valence-corrected chi connectivity index (χ2v) is 9.66. The molecule has 0 aliphatic carbocycles. The molecule has 14 heteroatoms. The summed E-state index contributed by atoms with van der Waals surface area (Å²) in [5.74, 6) is -2.62. The number of ether oxygens (including phenoxy) is 1. The van der Waals surface area contributed by atoms with E-state index in [4.69, 9.17) is 4.74 Å². The number of piperidine rings is 1. The zero-order valence-corrected chi connectivity index (χ0v) is 18.8. The monoisotopic (exact) mass is 528 g/mol. The second kappa shape index (κ2) is 9.64. The minimum atomic E-state index is -5.07. The van der Waals surface area contributed by atoms with E-state index >= 15 is 0 Å². The van der Waals surface area contributed by atoms with Crippen molar-refractivity contribution < 1.29 is 48.7 Å². The predicted molar refractivity (Wildman–Crippen MR) is 110 cm³/mol. The van der Waals surface area contributed by atoms with Crippen molar-refractivity contribution in [3.05, 3.63) is 53.3 Å². The fourth-order valence-electron chi connectivity index (χ4n) is 3.62. The third-order valence-electron chi connectivity index (χ3n) is 5.42. The number of methoxy groups -OCH3 is 1. The van der Waals surface area contributed by atoms with Crippen molar-refractivity contribution in [2.45, 2.75) is 30.1 Å². The summed E-state index contributed by atoms with van der Waals surface area (Å²) in [7, 11) is -2.98. The lowest BCUT2D eigenvalue weighted by atomic mass is 9.97. The molecule has 1 N–H and O–H groups in total. The standard InChI is InChI=1S/C21H19F7N2O4S/c1-34-17-3-2-15(22)11-18(17)35(32,33)30-6-4-12(5-7-30)19(31)29-16-9-13(20(23,24)25)8-14(10-16)21(26,27)28/h2-3,8-12H,4-7H2,1H3,(H,29,31). The molecule has 0 aromatic heterocycles. The summed E-state index contributed by atoms with van der Waals surface area (Å²) in [6, 6.07) is 3.68. The Morgan fingerprint density at radius 1 is 0.971 bits per heavy atom. The third-order valence-corrected chi connectivity index (χ3v) is 7.34. The highest BCUT2D eigenvalue weighted by Gasteiger charge is 2.38. The Bertz CT molecular complexity index is 1170. The van der Waals surface area contributed by atoms with Gasteiger partial charge < -0.3 is 10.1 Å². The van der Waals surface area contributed by atoms with Crippen LogP contribution in [0.2, 0.25) is 0 Å². The Hall–Kier alpha value is -2.87. The van der Waals surface area contributed by atoms with E-state index in [9.17, 15) is 43.9 Å². The number of benzene rings is 2. The Morgan fingerprint density at radius 2 is 1.51 bits per heavy atom. The molecule has 1 aliphatic heterocycles. The molecule has 3 rings (SSSR count). The summed E-state index contributed by atoms with van der Waals surface area (Å²) < 4.78 is 124. The van der Waals surface area contributed by atoms with E-state index < -0.39 is 61.7 Å². The predicted octanol–water partition coefficient (Wildman–Crippen LogP) is 4.91. The number of amides is 1. The summed E-state index contributed by atoms with van der Waals surface area (Å²) in [5, 5.41) is 2.07. The number of sulfonamides is 1. The fourth-order valence-corrected chi connectivity index (χ4v) is 5.26. The highest BCUT2D eigenvalue weighted by Crippen LogP contribution is 2.38. The van der Waals surface area contributed by atoms with Gasteiger partial charge in [0.2, 0.25) is 15.9 Å². The molecule has 35 heavy (non-hydrogen) atoms. The van der Waals surface area contributed by atoms with E-state index in [0.29, 0.717) is 12.1 Å². The molecular weight excluding hydrogens is 509 g/mol. The van der Waals surface area contributed by atoms with Gasteiger partial charge in [-0.3, -0.25) is 4.79 Å². The van der Waals surface area contributed by atoms with Crippen LogP contribution in [0.5, 0.6) is 5.75 Å². The summed E-state index contributed by atoms with van der Waals surface area (Å²) in [6.45, 7) is -0.368. The maximum atomic E-state index is 13.6. The molecule has 1 saturated heterocycles. The molecule has 0 unspecified atom stereocenters. The molecule has 0 atom stereocenters. The lowest BCUT2D eigenvalue weighted by Crippen LogP contribution is -2.41. The first kappa shape index (κ1) is 26.7. The van der Waals surface area contributed by atoms with Gasteiger partial charge in [-0.25, -0.2) is 12.8 Å². The van der Waals surface area contributed by atoms with Crippen LogP contribution in [0.4, 0.5) is 36.4 Å². The number of rotatable bonds is 5. The number of hydrogen-bond acceptors (Lipinski definition) is 4. The number of carbonyl (C=O) groups excluding carboxylic acids is 1. The first-order valence-corrected chi connectivity index (χ1v) is 11.5. The number of alkyl halides is 6. The number of hydrogen-bond donors (Lipinski definition) is 1. The molecule has 2 aromatic carbocycles. The number of anilines is 1. The summed E-state index contributed by atoms with van der Waals surface area (Å²) >= 11 is 0. The zero-order chi connectivity index (χ0) is 26.2. The van der Waals surface area contributed by atoms with Crippen LogP contribution in [-0.2, 0) is 27.2 Å². The van der Waals surface area contributed by atoms with Crippen LogP contribution in [-0.4, -0.2) is 38.8 Å². The van der Waals surface area contributed by atoms with E-state index in [1.165, 1.54) is 7.11 Å². The Kier molecular flexibility index (Phi) is 7.37. The van der Waals surface area contributed by atoms with Gasteiger partial charge in [-0.1, -0.05) is 0 Å². The molecular formula is C21H19F7N2O4S. The molecule has 1 amide bonds. The molecule has 0 radical (unpaired) electrons. The van der Waals surface area contributed by atoms with E-state index in [-0.39, 0.29) is 37.7 Å². The lowest BCUT2D eigenvalue weighted by Gasteiger charge is -2.31. The minimum absolute atomic E-state index is 0.0559. The largest absolute Gasteiger partial charge is 0.495 e. The molecule has 0 saturated carbocycles. The van der Waals surface area contributed by atoms with Crippen LogP contribution in [0.3, 0.4) is 0 Å². The number of nitrogens with one attached hydrogen (secondary N) is 1. The van der Waals surface area contributed by atoms with Crippen LogP contribution >= 0.6 is 0 Å². The topological polar surface area (TPSA) is 75.7 Å². The SMILES string of the molecule is COc1ccc(F)cc1S(=O)(=O)N1CCC(C(=O)Nc2cc(C(F)(F)F)cc(C(F)(F)F)c2)CC1. The molecule has 0 spiro atoms. The van der Waals surface area contributed by atoms with Gasteiger partial charge >= 0.3 is 12.4 Å². The number of nitrogens with zero attached hydrogens (tertiary/aromatic N) is 1. The van der Waals surface area contributed by atoms with E-state index in [1.54, 1.807) is 0 Å². The molecule has 6 nitrogen and oxygen atoms in total. The average molecular weight is 528 g/mol. The minimum Gasteiger partial charge on any atom is -0.495 e. The maximum Gasteiger partial charge on any atom is 0.416 e. The summed E-state index contributed by atoms with van der Waals surface area (Å²) in [6.07, 6.45) is -10.3. The van der Waals surface area contributed by atoms with Crippen molar-refractivity contribution >= 4 is 21.6 Å². The maximum absolute atomic E-state index is 13.6. The average Bonchev–Trinajstić information content (AvgIpc) is 2.77. The van der Waals surface area contributed by atoms with Crippen LogP contribution in [0.25, 0.3) is 0 Å². The van der Waals surface area contributed by atoms with Gasteiger partial charge in [0.05, 0.1) is 18.2 Å². The van der Waals surface area contributed by atoms with Crippen LogP contribution in [0, 0.1) is 11.7 Å². The van der Waals surface area contributed by atoms with Crippen LogP contribution < -0.4 is 10.1 Å². The van der Waals surface area contributed by atoms with E-state index in [1.807, 2.05) is 0 Å². The Balaban J connectivity index is 1.74. The van der Waals surface area contributed by atoms with Crippen molar-refractivity contribution in [3.63, 3.8) is 0 Å². The molecule has 0 bridgehead atoms. The van der Waals surface area contributed by atoms with Gasteiger partial charge in [-0.2, -0.15) is 30.6 Å². The van der Waals surface area contributed by atoms with Crippen molar-refractivity contribution in [2.24, 2.45) is 5.92 Å². The molecule has 2 aromatic rings. The molecule has 1 fully saturated rings. The highest BCUT2D eigenvalue weighted by atomic mass is 32.2. The molecule has 1 heterocycles. The van der Waals surface area contributed by atoms with Crippen molar-refractivity contribution in [1.82, 2.24) is 4.31 Å². The van der Waals surface area contributed by atoms with Gasteiger partial charge in [-0.05, 0) is 49.2 Å². The third kappa shape index (κ3) is 6.04. The van der Waals surface area contributed by atoms with Gasteiger partial charge in [-0.15, -0.1) is 0 Å². The quantitative estimate of drug-likeness (QED) is 0.560. The zero-order valence-electron chi connectivity index (χ0n) is 18.0. The Morgan fingerprint density at radius 3 is 2.00 bits per heavy atom. The van der Waals surface area contributed by atoms with E-state index in [2.05, 4.69) is 5.32 Å². The van der Waals surface area contributed by atoms with Crippen LogP contribution in [0.1, 0.15) is 24.0 Å². The number of halogens is 7. The first-order valence-electron chi connectivity index (χ1n) is 10.1. The van der Waals surface area contributed by atoms with Gasteiger partial charge in [0, 0.05) is 24.7 Å². The Labute approximate surface area is 195 Å². The summed E-state index contributed by atoms with van der Waals surface area (Å²) in [5.41, 5.74) is -3.84. The first-order chi connectivity index (χ1) is 16.1. The summed E-state index contributed by atoms with van der Waals surface area (Å²) in [4.78, 5) is 12.1. The van der Waals surface area contributed by atoms with Gasteiger partial charge in [0.1, 0.15) is 16.5 Å². The second-order valence-electron chi connectivity index (χ2n) is 7.76. The van der Waals surface area contributed by atoms with Gasteiger partial charge in [0.15, 0.2) is 0 Å². The molecule has 1 aliphatic rings. The van der Waals surface area contributed by atoms with Crippen molar-refractivity contribution in [2.75, 3.05) is 25.5 Å². The van der Waals surface area contributed by atoms with Crippen molar-refractivity contribution in [1.29, 1.82) is 0 Å². The number of carbonyl (C=O) groups is 1. The fraction of sp³-hybridized carbons (Fsp3) is 0.381. The highest BCUT2D eigenvalue weighted by molar-refractivity contribution is 7.89. The lowest BCUT2D eigenvalue weighted by molar-refractivity contribution is -0.143. The molecule has 192 valence electrons. The smallest absolute Gasteiger partial charge is 0.416 e. The van der Waals surface area contributed by atoms with Crippen LogP contribution in [0.15, 0.2) is 41.3 Å². The normalized spacial score (nSPS) is 16.2. The van der Waals surface area contributed by atoms with Crippen molar-refractivity contribution in [3.8, 4) is 5.75 Å². The van der Waals surface area contributed by atoms with E-state index in [0.717, 1.165) is 22.5 Å². The van der Waals surface area contributed by atoms with Gasteiger partial charge in [0.25, 0.3) is 0 Å².